The monoisotopic (exact) mass is 292 g/mol. The molecule has 1 saturated heterocycles. The van der Waals surface area contributed by atoms with E-state index in [2.05, 4.69) is 53.7 Å². The van der Waals surface area contributed by atoms with Crippen LogP contribution in [-0.2, 0) is 6.42 Å². The van der Waals surface area contributed by atoms with Crippen molar-refractivity contribution < 1.29 is 0 Å². The van der Waals surface area contributed by atoms with E-state index in [1.165, 1.54) is 55.4 Å². The van der Waals surface area contributed by atoms with Gasteiger partial charge in [0, 0.05) is 28.7 Å². The second kappa shape index (κ2) is 4.26. The molecule has 0 radical (unpaired) electrons. The molecule has 1 fully saturated rings. The molecule has 2 heteroatoms. The van der Waals surface area contributed by atoms with Crippen LogP contribution in [0.5, 0.6) is 0 Å². The number of aromatic nitrogens is 1. The van der Waals surface area contributed by atoms with E-state index < -0.39 is 0 Å². The van der Waals surface area contributed by atoms with Gasteiger partial charge < -0.3 is 4.57 Å². The molecule has 4 heterocycles. The first-order valence-corrected chi connectivity index (χ1v) is 8.81. The number of rotatable bonds is 1. The number of para-hydroxylation sites is 1. The van der Waals surface area contributed by atoms with Gasteiger partial charge in [-0.2, -0.15) is 0 Å². The minimum Gasteiger partial charge on any atom is -0.316 e. The zero-order valence-electron chi connectivity index (χ0n) is 13.6. The molecule has 0 spiro atoms. The van der Waals surface area contributed by atoms with Crippen LogP contribution in [0.2, 0.25) is 0 Å². The summed E-state index contributed by atoms with van der Waals surface area (Å²) in [5.74, 6) is 0. The summed E-state index contributed by atoms with van der Waals surface area (Å²) in [5.41, 5.74) is 6.47. The molecular weight excluding hydrogens is 268 g/mol. The van der Waals surface area contributed by atoms with Crippen LogP contribution in [0.15, 0.2) is 30.3 Å². The van der Waals surface area contributed by atoms with Crippen molar-refractivity contribution in [2.45, 2.75) is 45.6 Å². The lowest BCUT2D eigenvalue weighted by Crippen LogP contribution is -2.50. The molecule has 0 N–H and O–H groups in total. The maximum atomic E-state index is 2.77. The van der Waals surface area contributed by atoms with Gasteiger partial charge in [-0.15, -0.1) is 0 Å². The minimum absolute atomic E-state index is 0.363. The Hall–Kier alpha value is -1.54. The molecule has 3 aliphatic heterocycles. The molecular formula is C20H24N2. The van der Waals surface area contributed by atoms with Gasteiger partial charge in [0.05, 0.1) is 11.6 Å². The van der Waals surface area contributed by atoms with Crippen molar-refractivity contribution in [1.82, 2.24) is 9.47 Å². The highest BCUT2D eigenvalue weighted by Gasteiger charge is 2.49. The average molecular weight is 292 g/mol. The highest BCUT2D eigenvalue weighted by molar-refractivity contribution is 5.89. The number of benzene rings is 1. The largest absolute Gasteiger partial charge is 0.316 e. The number of hydrogen-bond acceptors (Lipinski definition) is 1. The van der Waals surface area contributed by atoms with Crippen molar-refractivity contribution in [3.8, 4) is 0 Å². The summed E-state index contributed by atoms with van der Waals surface area (Å²) in [7, 11) is 0. The molecule has 0 bridgehead atoms. The van der Waals surface area contributed by atoms with Crippen molar-refractivity contribution in [2.24, 2.45) is 5.41 Å². The highest BCUT2D eigenvalue weighted by Crippen LogP contribution is 2.56. The first kappa shape index (κ1) is 13.0. The van der Waals surface area contributed by atoms with Crippen LogP contribution in [-0.4, -0.2) is 22.6 Å². The third-order valence-electron chi connectivity index (χ3n) is 6.43. The average Bonchev–Trinajstić information content (AvgIpc) is 2.89. The van der Waals surface area contributed by atoms with Crippen molar-refractivity contribution in [3.05, 3.63) is 41.6 Å². The summed E-state index contributed by atoms with van der Waals surface area (Å²) < 4.78 is 2.57. The molecule has 1 aromatic heterocycles. The Kier molecular flexibility index (Phi) is 2.51. The molecule has 5 rings (SSSR count). The van der Waals surface area contributed by atoms with E-state index in [-0.39, 0.29) is 0 Å². The summed E-state index contributed by atoms with van der Waals surface area (Å²) in [4.78, 5) is 2.77. The predicted octanol–water partition coefficient (Wildman–Crippen LogP) is 4.61. The highest BCUT2D eigenvalue weighted by atomic mass is 15.2. The summed E-state index contributed by atoms with van der Waals surface area (Å²) in [6, 6.07) is 9.62. The SMILES string of the molecule is CC[C@@]12C=C(C)n3c4c(c5ccccc53)CCN(CCC1)[C@@H]42. The van der Waals surface area contributed by atoms with Crippen LogP contribution in [0.1, 0.15) is 50.4 Å². The van der Waals surface area contributed by atoms with E-state index >= 15 is 0 Å². The Morgan fingerprint density at radius 2 is 2.09 bits per heavy atom. The van der Waals surface area contributed by atoms with E-state index in [0.717, 1.165) is 0 Å². The Morgan fingerprint density at radius 1 is 1.23 bits per heavy atom. The molecule has 0 aliphatic carbocycles. The second-order valence-corrected chi connectivity index (χ2v) is 7.38. The summed E-state index contributed by atoms with van der Waals surface area (Å²) in [6.07, 6.45) is 7.78. The van der Waals surface area contributed by atoms with Crippen LogP contribution < -0.4 is 0 Å². The quantitative estimate of drug-likeness (QED) is 0.745. The fourth-order valence-electron chi connectivity index (χ4n) is 5.54. The number of allylic oxidation sites excluding steroid dienone is 1. The number of nitrogens with zero attached hydrogens (tertiary/aromatic N) is 2. The minimum atomic E-state index is 0.363. The molecule has 0 unspecified atom stereocenters. The van der Waals surface area contributed by atoms with Gasteiger partial charge in [-0.1, -0.05) is 31.2 Å². The first-order chi connectivity index (χ1) is 10.7. The molecule has 22 heavy (non-hydrogen) atoms. The lowest BCUT2D eigenvalue weighted by molar-refractivity contribution is 0.0270. The van der Waals surface area contributed by atoms with Crippen molar-refractivity contribution in [1.29, 1.82) is 0 Å². The van der Waals surface area contributed by atoms with E-state index in [9.17, 15) is 0 Å². The summed E-state index contributed by atoms with van der Waals surface area (Å²) in [6.45, 7) is 7.22. The van der Waals surface area contributed by atoms with Gasteiger partial charge in [0.15, 0.2) is 0 Å². The third kappa shape index (κ3) is 1.40. The smallest absolute Gasteiger partial charge is 0.0599 e. The Morgan fingerprint density at radius 3 is 2.95 bits per heavy atom. The first-order valence-electron chi connectivity index (χ1n) is 8.81. The van der Waals surface area contributed by atoms with Gasteiger partial charge >= 0.3 is 0 Å². The number of hydrogen-bond donors (Lipinski definition) is 0. The van der Waals surface area contributed by atoms with E-state index in [0.29, 0.717) is 11.5 Å². The molecule has 2 nitrogen and oxygen atoms in total. The molecule has 0 saturated carbocycles. The normalized spacial score (nSPS) is 30.3. The fraction of sp³-hybridized carbons (Fsp3) is 0.500. The maximum Gasteiger partial charge on any atom is 0.0599 e. The molecule has 1 aromatic carbocycles. The zero-order valence-corrected chi connectivity index (χ0v) is 13.6. The van der Waals surface area contributed by atoms with Crippen LogP contribution in [0, 0.1) is 5.41 Å². The van der Waals surface area contributed by atoms with Gasteiger partial charge in [0.25, 0.3) is 0 Å². The van der Waals surface area contributed by atoms with Crippen LogP contribution >= 0.6 is 0 Å². The van der Waals surface area contributed by atoms with Gasteiger partial charge in [0.1, 0.15) is 0 Å². The maximum absolute atomic E-state index is 2.77. The van der Waals surface area contributed by atoms with Gasteiger partial charge in [-0.25, -0.2) is 0 Å². The van der Waals surface area contributed by atoms with Crippen molar-refractivity contribution in [3.63, 3.8) is 0 Å². The lowest BCUT2D eigenvalue weighted by atomic mass is 9.66. The standard InChI is InChI=1S/C20H24N2/c1-3-20-10-6-11-21-12-9-16-15-7-4-5-8-17(15)22(14(2)13-20)18(16)19(20)21/h4-5,7-8,13,19H,3,6,9-12H2,1-2H3/t19-,20-/m0/s1. The Bertz CT molecular complexity index is 797. The van der Waals surface area contributed by atoms with Gasteiger partial charge in [0.2, 0.25) is 0 Å². The van der Waals surface area contributed by atoms with Crippen LogP contribution in [0.25, 0.3) is 16.6 Å². The van der Waals surface area contributed by atoms with Crippen LogP contribution in [0.3, 0.4) is 0 Å². The second-order valence-electron chi connectivity index (χ2n) is 7.38. The van der Waals surface area contributed by atoms with Gasteiger partial charge in [-0.05, 0) is 50.8 Å². The summed E-state index contributed by atoms with van der Waals surface area (Å²) >= 11 is 0. The molecule has 2 atom stereocenters. The van der Waals surface area contributed by atoms with Crippen molar-refractivity contribution in [2.75, 3.05) is 13.1 Å². The zero-order chi connectivity index (χ0) is 14.9. The third-order valence-corrected chi connectivity index (χ3v) is 6.43. The number of piperidine rings is 1. The van der Waals surface area contributed by atoms with E-state index in [1.807, 2.05) is 0 Å². The summed E-state index contributed by atoms with van der Waals surface area (Å²) in [5, 5.41) is 1.49. The topological polar surface area (TPSA) is 8.17 Å². The van der Waals surface area contributed by atoms with Gasteiger partial charge in [-0.3, -0.25) is 4.90 Å². The lowest BCUT2D eigenvalue weighted by Gasteiger charge is -2.53. The van der Waals surface area contributed by atoms with Crippen molar-refractivity contribution >= 4 is 16.6 Å². The van der Waals surface area contributed by atoms with E-state index in [1.54, 1.807) is 11.3 Å². The fourth-order valence-corrected chi connectivity index (χ4v) is 5.54. The molecule has 2 aromatic rings. The Balaban J connectivity index is 1.90. The molecule has 3 aliphatic rings. The number of fused-ring (bicyclic) bond motifs is 3. The van der Waals surface area contributed by atoms with E-state index in [4.69, 9.17) is 0 Å². The van der Waals surface area contributed by atoms with Crippen LogP contribution in [0.4, 0.5) is 0 Å². The predicted molar refractivity (Wildman–Crippen MR) is 91.9 cm³/mol. The molecule has 0 amide bonds. The Labute approximate surface area is 132 Å². The molecule has 114 valence electrons.